The number of rotatable bonds is 2. The molecule has 0 aliphatic heterocycles. The quantitative estimate of drug-likeness (QED) is 0.683. The van der Waals surface area contributed by atoms with Crippen LogP contribution in [0.3, 0.4) is 0 Å². The van der Waals surface area contributed by atoms with Crippen LogP contribution in [0.4, 0.5) is 5.69 Å². The summed E-state index contributed by atoms with van der Waals surface area (Å²) in [5, 5.41) is 17.3. The first-order valence-electron chi connectivity index (χ1n) is 4.46. The van der Waals surface area contributed by atoms with Gasteiger partial charge in [0.05, 0.1) is 11.6 Å². The number of nitrogens with zero attached hydrogens (tertiary/aromatic N) is 3. The van der Waals surface area contributed by atoms with E-state index in [1.54, 1.807) is 0 Å². The van der Waals surface area contributed by atoms with Crippen LogP contribution in [0.15, 0.2) is 30.3 Å². The van der Waals surface area contributed by atoms with Gasteiger partial charge in [0.25, 0.3) is 0 Å². The summed E-state index contributed by atoms with van der Waals surface area (Å²) >= 11 is 0. The molecule has 0 atom stereocenters. The second kappa shape index (κ2) is 4.83. The summed E-state index contributed by atoms with van der Waals surface area (Å²) in [4.78, 5) is 1.98. The predicted octanol–water partition coefficient (Wildman–Crippen LogP) is 2.18. The molecule has 0 aromatic heterocycles. The lowest BCUT2D eigenvalue weighted by Gasteiger charge is -2.12. The Hall–Kier alpha value is -2.26. The van der Waals surface area contributed by atoms with E-state index in [0.29, 0.717) is 5.57 Å². The van der Waals surface area contributed by atoms with Gasteiger partial charge in [-0.2, -0.15) is 10.5 Å². The summed E-state index contributed by atoms with van der Waals surface area (Å²) in [6, 6.07) is 11.4. The third-order valence-corrected chi connectivity index (χ3v) is 2.02. The lowest BCUT2D eigenvalue weighted by Crippen LogP contribution is -2.08. The second-order valence-electron chi connectivity index (χ2n) is 3.24. The lowest BCUT2D eigenvalue weighted by atomic mass is 10.1. The summed E-state index contributed by atoms with van der Waals surface area (Å²) in [5.74, 6) is 0. The van der Waals surface area contributed by atoms with Crippen molar-refractivity contribution in [2.75, 3.05) is 19.0 Å². The first-order valence-corrected chi connectivity index (χ1v) is 4.46. The molecule has 3 nitrogen and oxygen atoms in total. The highest BCUT2D eigenvalue weighted by Gasteiger charge is 2.00. The summed E-state index contributed by atoms with van der Waals surface area (Å²) in [5.41, 5.74) is 2.22. The van der Waals surface area contributed by atoms with Gasteiger partial charge in [-0.05, 0) is 17.7 Å². The maximum absolute atomic E-state index is 8.81. The third-order valence-electron chi connectivity index (χ3n) is 2.02. The Kier molecular flexibility index (Phi) is 3.49. The number of allylic oxidation sites excluding steroid dienone is 2. The Morgan fingerprint density at radius 3 is 2.20 bits per heavy atom. The Morgan fingerprint density at radius 1 is 1.20 bits per heavy atom. The van der Waals surface area contributed by atoms with Crippen LogP contribution in [0.5, 0.6) is 0 Å². The Morgan fingerprint density at radius 2 is 1.80 bits per heavy atom. The molecule has 1 aromatic carbocycles. The van der Waals surface area contributed by atoms with Gasteiger partial charge in [0.15, 0.2) is 0 Å². The van der Waals surface area contributed by atoms with E-state index in [0.717, 1.165) is 11.3 Å². The molecule has 0 unspecified atom stereocenters. The van der Waals surface area contributed by atoms with E-state index in [4.69, 9.17) is 10.5 Å². The number of hydrogen-bond acceptors (Lipinski definition) is 3. The van der Waals surface area contributed by atoms with Gasteiger partial charge in [-0.3, -0.25) is 0 Å². The third kappa shape index (κ3) is 2.59. The van der Waals surface area contributed by atoms with Gasteiger partial charge in [0.2, 0.25) is 0 Å². The van der Waals surface area contributed by atoms with Crippen molar-refractivity contribution < 1.29 is 0 Å². The van der Waals surface area contributed by atoms with E-state index in [1.807, 2.05) is 55.4 Å². The molecule has 0 heterocycles. The first kappa shape index (κ1) is 10.8. The van der Waals surface area contributed by atoms with Gasteiger partial charge in [-0.1, -0.05) is 12.1 Å². The highest BCUT2D eigenvalue weighted by Crippen LogP contribution is 2.17. The highest BCUT2D eigenvalue weighted by molar-refractivity contribution is 5.78. The van der Waals surface area contributed by atoms with Crippen molar-refractivity contribution in [2.24, 2.45) is 0 Å². The number of nitriles is 2. The van der Waals surface area contributed by atoms with Gasteiger partial charge in [0, 0.05) is 25.9 Å². The standard InChI is InChI=1S/C12H11N3/c1-15(2)12-5-3-10(4-6-12)11(9-14)7-8-13/h3-7H,1-2H3/b11-7+. The zero-order valence-corrected chi connectivity index (χ0v) is 8.73. The van der Waals surface area contributed by atoms with Crippen LogP contribution in [-0.2, 0) is 0 Å². The van der Waals surface area contributed by atoms with E-state index in [9.17, 15) is 0 Å². The van der Waals surface area contributed by atoms with Crippen molar-refractivity contribution >= 4 is 11.3 Å². The van der Waals surface area contributed by atoms with E-state index < -0.39 is 0 Å². The van der Waals surface area contributed by atoms with Crippen LogP contribution in [0.25, 0.3) is 5.57 Å². The van der Waals surface area contributed by atoms with Crippen LogP contribution in [-0.4, -0.2) is 14.1 Å². The summed E-state index contributed by atoms with van der Waals surface area (Å²) < 4.78 is 0. The van der Waals surface area contributed by atoms with Crippen LogP contribution >= 0.6 is 0 Å². The maximum Gasteiger partial charge on any atom is 0.101 e. The van der Waals surface area contributed by atoms with E-state index >= 15 is 0 Å². The Labute approximate surface area is 89.5 Å². The van der Waals surface area contributed by atoms with E-state index in [1.165, 1.54) is 6.08 Å². The molecule has 0 amide bonds. The molecule has 74 valence electrons. The van der Waals surface area contributed by atoms with E-state index in [-0.39, 0.29) is 0 Å². The molecule has 0 bridgehead atoms. The molecule has 0 fully saturated rings. The van der Waals surface area contributed by atoms with Gasteiger partial charge < -0.3 is 4.90 Å². The highest BCUT2D eigenvalue weighted by atomic mass is 15.1. The summed E-state index contributed by atoms with van der Waals surface area (Å²) in [6.07, 6.45) is 1.25. The fraction of sp³-hybridized carbons (Fsp3) is 0.167. The largest absolute Gasteiger partial charge is 0.378 e. The minimum atomic E-state index is 0.391. The molecular formula is C12H11N3. The number of anilines is 1. The topological polar surface area (TPSA) is 50.8 Å². The first-order chi connectivity index (χ1) is 7.19. The normalized spacial score (nSPS) is 10.3. The van der Waals surface area contributed by atoms with Crippen LogP contribution in [0.2, 0.25) is 0 Å². The van der Waals surface area contributed by atoms with Crippen molar-refractivity contribution in [3.63, 3.8) is 0 Å². The summed E-state index contributed by atoms with van der Waals surface area (Å²) in [7, 11) is 3.90. The second-order valence-corrected chi connectivity index (χ2v) is 3.24. The SMILES string of the molecule is CN(C)c1ccc(/C(C#N)=C/C#N)cc1. The fourth-order valence-corrected chi connectivity index (χ4v) is 1.18. The minimum absolute atomic E-state index is 0.391. The maximum atomic E-state index is 8.81. The van der Waals surface area contributed by atoms with Crippen LogP contribution in [0, 0.1) is 22.7 Å². The molecule has 1 aromatic rings. The average Bonchev–Trinajstić information content (AvgIpc) is 2.26. The molecule has 0 saturated carbocycles. The van der Waals surface area contributed by atoms with Gasteiger partial charge >= 0.3 is 0 Å². The average molecular weight is 197 g/mol. The van der Waals surface area contributed by atoms with Crippen molar-refractivity contribution in [1.82, 2.24) is 0 Å². The van der Waals surface area contributed by atoms with Crippen LogP contribution < -0.4 is 4.90 Å². The number of hydrogen-bond donors (Lipinski definition) is 0. The molecule has 15 heavy (non-hydrogen) atoms. The zero-order chi connectivity index (χ0) is 11.3. The predicted molar refractivity (Wildman–Crippen MR) is 60.0 cm³/mol. The smallest absolute Gasteiger partial charge is 0.101 e. The molecule has 0 radical (unpaired) electrons. The molecule has 0 aliphatic rings. The lowest BCUT2D eigenvalue weighted by molar-refractivity contribution is 1.13. The molecule has 0 aliphatic carbocycles. The van der Waals surface area contributed by atoms with Gasteiger partial charge in [0.1, 0.15) is 6.07 Å². The zero-order valence-electron chi connectivity index (χ0n) is 8.73. The van der Waals surface area contributed by atoms with Gasteiger partial charge in [-0.25, -0.2) is 0 Å². The Balaban J connectivity index is 3.05. The van der Waals surface area contributed by atoms with E-state index in [2.05, 4.69) is 0 Å². The van der Waals surface area contributed by atoms with Crippen molar-refractivity contribution in [3.05, 3.63) is 35.9 Å². The fourth-order valence-electron chi connectivity index (χ4n) is 1.18. The molecule has 0 N–H and O–H groups in total. The molecule has 0 spiro atoms. The monoisotopic (exact) mass is 197 g/mol. The number of benzene rings is 1. The van der Waals surface area contributed by atoms with Crippen molar-refractivity contribution in [1.29, 1.82) is 10.5 Å². The van der Waals surface area contributed by atoms with Crippen molar-refractivity contribution in [2.45, 2.75) is 0 Å². The molecule has 3 heteroatoms. The van der Waals surface area contributed by atoms with Gasteiger partial charge in [-0.15, -0.1) is 0 Å². The molecular weight excluding hydrogens is 186 g/mol. The molecule has 1 rings (SSSR count). The Bertz CT molecular complexity index is 441. The molecule has 0 saturated heterocycles. The minimum Gasteiger partial charge on any atom is -0.378 e. The van der Waals surface area contributed by atoms with Crippen molar-refractivity contribution in [3.8, 4) is 12.1 Å². The summed E-state index contributed by atoms with van der Waals surface area (Å²) in [6.45, 7) is 0. The van der Waals surface area contributed by atoms with Crippen LogP contribution in [0.1, 0.15) is 5.56 Å².